The highest BCUT2D eigenvalue weighted by molar-refractivity contribution is 5.76. The molecule has 2 aromatic rings. The zero-order chi connectivity index (χ0) is 20.9. The normalized spacial score (nSPS) is 10.1. The van der Waals surface area contributed by atoms with Gasteiger partial charge in [0.15, 0.2) is 0 Å². The Morgan fingerprint density at radius 1 is 0.931 bits per heavy atom. The molecule has 0 aliphatic rings. The van der Waals surface area contributed by atoms with Crippen molar-refractivity contribution in [1.82, 2.24) is 10.6 Å². The summed E-state index contributed by atoms with van der Waals surface area (Å²) in [6.07, 6.45) is 0.205. The van der Waals surface area contributed by atoms with Gasteiger partial charge >= 0.3 is 6.09 Å². The lowest BCUT2D eigenvalue weighted by Crippen LogP contribution is -2.30. The number of benzene rings is 2. The highest BCUT2D eigenvalue weighted by Gasteiger charge is 2.11. The average molecular weight is 400 g/mol. The molecule has 0 aliphatic carbocycles. The van der Waals surface area contributed by atoms with Crippen LogP contribution in [0.4, 0.5) is 16.2 Å². The zero-order valence-electron chi connectivity index (χ0n) is 15.9. The minimum Gasteiger partial charge on any atom is -0.445 e. The molecule has 2 amide bonds. The first-order valence-electron chi connectivity index (χ1n) is 9.25. The van der Waals surface area contributed by atoms with Gasteiger partial charge in [-0.1, -0.05) is 42.5 Å². The largest absolute Gasteiger partial charge is 0.445 e. The SMILES string of the molecule is O=C(CCCNC(=O)OCc1ccccc1)NCCNc1ccccc1[N+](=O)[O-]. The summed E-state index contributed by atoms with van der Waals surface area (Å²) in [7, 11) is 0. The summed E-state index contributed by atoms with van der Waals surface area (Å²) >= 11 is 0. The third-order valence-electron chi connectivity index (χ3n) is 3.93. The molecule has 0 unspecified atom stereocenters. The number of hydrogen-bond donors (Lipinski definition) is 3. The number of amides is 2. The zero-order valence-corrected chi connectivity index (χ0v) is 15.9. The Hall–Kier alpha value is -3.62. The molecule has 2 aromatic carbocycles. The van der Waals surface area contributed by atoms with Crippen LogP contribution in [0.2, 0.25) is 0 Å². The molecule has 29 heavy (non-hydrogen) atoms. The van der Waals surface area contributed by atoms with Crippen LogP contribution in [0.5, 0.6) is 0 Å². The Morgan fingerprint density at radius 3 is 2.41 bits per heavy atom. The van der Waals surface area contributed by atoms with E-state index in [1.165, 1.54) is 6.07 Å². The van der Waals surface area contributed by atoms with E-state index in [1.807, 2.05) is 30.3 Å². The number of nitrogens with one attached hydrogen (secondary N) is 3. The summed E-state index contributed by atoms with van der Waals surface area (Å²) in [5.74, 6) is -0.159. The van der Waals surface area contributed by atoms with Gasteiger partial charge in [-0.3, -0.25) is 14.9 Å². The number of ether oxygens (including phenoxy) is 1. The van der Waals surface area contributed by atoms with Gasteiger partial charge in [0.25, 0.3) is 5.69 Å². The predicted molar refractivity (Wildman–Crippen MR) is 108 cm³/mol. The number of nitro groups is 1. The lowest BCUT2D eigenvalue weighted by atomic mass is 10.2. The minimum atomic E-state index is -0.525. The maximum atomic E-state index is 11.8. The van der Waals surface area contributed by atoms with Crippen LogP contribution < -0.4 is 16.0 Å². The monoisotopic (exact) mass is 400 g/mol. The fourth-order valence-electron chi connectivity index (χ4n) is 2.48. The van der Waals surface area contributed by atoms with E-state index in [0.29, 0.717) is 31.7 Å². The smallest absolute Gasteiger partial charge is 0.407 e. The second kappa shape index (κ2) is 12.0. The quantitative estimate of drug-likeness (QED) is 0.303. The van der Waals surface area contributed by atoms with Crippen LogP contribution in [0, 0.1) is 10.1 Å². The van der Waals surface area contributed by atoms with Crippen LogP contribution in [-0.2, 0) is 16.1 Å². The molecule has 3 N–H and O–H groups in total. The fourth-order valence-corrected chi connectivity index (χ4v) is 2.48. The van der Waals surface area contributed by atoms with Crippen LogP contribution in [-0.4, -0.2) is 36.6 Å². The van der Waals surface area contributed by atoms with Crippen LogP contribution in [0.15, 0.2) is 54.6 Å². The Morgan fingerprint density at radius 2 is 1.66 bits per heavy atom. The van der Waals surface area contributed by atoms with E-state index in [9.17, 15) is 19.7 Å². The maximum absolute atomic E-state index is 11.8. The lowest BCUT2D eigenvalue weighted by Gasteiger charge is -2.09. The van der Waals surface area contributed by atoms with Crippen LogP contribution in [0.3, 0.4) is 0 Å². The van der Waals surface area contributed by atoms with Gasteiger partial charge in [-0.25, -0.2) is 4.79 Å². The van der Waals surface area contributed by atoms with E-state index in [2.05, 4.69) is 16.0 Å². The van der Waals surface area contributed by atoms with E-state index in [4.69, 9.17) is 4.74 Å². The Labute approximate surface area is 168 Å². The molecule has 9 nitrogen and oxygen atoms in total. The number of carbonyl (C=O) groups excluding carboxylic acids is 2. The molecule has 0 saturated carbocycles. The molecule has 0 aromatic heterocycles. The molecule has 0 saturated heterocycles. The second-order valence-electron chi connectivity index (χ2n) is 6.14. The molecule has 0 fully saturated rings. The van der Waals surface area contributed by atoms with Crippen molar-refractivity contribution in [1.29, 1.82) is 0 Å². The number of nitro benzene ring substituents is 1. The maximum Gasteiger partial charge on any atom is 0.407 e. The molecule has 2 rings (SSSR count). The first-order valence-corrected chi connectivity index (χ1v) is 9.25. The standard InChI is InChI=1S/C20H24N4O5/c25-19(22-14-13-21-17-9-4-5-10-18(17)24(27)28)11-6-12-23-20(26)29-15-16-7-2-1-3-8-16/h1-5,7-10,21H,6,11-15H2,(H,22,25)(H,23,26). The predicted octanol–water partition coefficient (Wildman–Crippen LogP) is 2.83. The Bertz CT molecular complexity index is 814. The van der Waals surface area contributed by atoms with Crippen molar-refractivity contribution in [3.8, 4) is 0 Å². The highest BCUT2D eigenvalue weighted by atomic mass is 16.6. The number of para-hydroxylation sites is 2. The van der Waals surface area contributed by atoms with Crippen molar-refractivity contribution >= 4 is 23.4 Å². The van der Waals surface area contributed by atoms with Gasteiger partial charge in [0, 0.05) is 32.1 Å². The number of hydrogen-bond acceptors (Lipinski definition) is 6. The number of carbonyl (C=O) groups is 2. The van der Waals surface area contributed by atoms with Gasteiger partial charge in [0.05, 0.1) is 4.92 Å². The van der Waals surface area contributed by atoms with Crippen molar-refractivity contribution in [2.45, 2.75) is 19.4 Å². The highest BCUT2D eigenvalue weighted by Crippen LogP contribution is 2.22. The lowest BCUT2D eigenvalue weighted by molar-refractivity contribution is -0.384. The van der Waals surface area contributed by atoms with Crippen molar-refractivity contribution < 1.29 is 19.2 Å². The Balaban J connectivity index is 1.53. The molecule has 0 bridgehead atoms. The van der Waals surface area contributed by atoms with Gasteiger partial charge in [0.1, 0.15) is 12.3 Å². The van der Waals surface area contributed by atoms with E-state index < -0.39 is 11.0 Å². The number of alkyl carbamates (subject to hydrolysis) is 1. The molecule has 0 aliphatic heterocycles. The third kappa shape index (κ3) is 8.29. The molecular formula is C20H24N4O5. The third-order valence-corrected chi connectivity index (χ3v) is 3.93. The van der Waals surface area contributed by atoms with Gasteiger partial charge in [-0.05, 0) is 18.1 Å². The van der Waals surface area contributed by atoms with Crippen molar-refractivity contribution in [2.24, 2.45) is 0 Å². The molecule has 0 radical (unpaired) electrons. The topological polar surface area (TPSA) is 123 Å². The second-order valence-corrected chi connectivity index (χ2v) is 6.14. The van der Waals surface area contributed by atoms with E-state index in [1.54, 1.807) is 18.2 Å². The van der Waals surface area contributed by atoms with Crippen LogP contribution in [0.25, 0.3) is 0 Å². The first kappa shape index (κ1) is 21.7. The van der Waals surface area contributed by atoms with E-state index >= 15 is 0 Å². The van der Waals surface area contributed by atoms with Crippen LogP contribution >= 0.6 is 0 Å². The van der Waals surface area contributed by atoms with Crippen molar-refractivity contribution in [3.05, 3.63) is 70.3 Å². The summed E-state index contributed by atoms with van der Waals surface area (Å²) in [5, 5.41) is 19.2. The first-order chi connectivity index (χ1) is 14.1. The Kier molecular flexibility index (Phi) is 8.94. The van der Waals surface area contributed by atoms with Gasteiger partial charge in [0.2, 0.25) is 5.91 Å². The van der Waals surface area contributed by atoms with Gasteiger partial charge < -0.3 is 20.7 Å². The van der Waals surface area contributed by atoms with Gasteiger partial charge in [-0.2, -0.15) is 0 Å². The average Bonchev–Trinajstić information content (AvgIpc) is 2.73. The van der Waals surface area contributed by atoms with E-state index in [-0.39, 0.29) is 24.6 Å². The summed E-state index contributed by atoms with van der Waals surface area (Å²) in [6, 6.07) is 15.7. The van der Waals surface area contributed by atoms with Gasteiger partial charge in [-0.15, -0.1) is 0 Å². The van der Waals surface area contributed by atoms with Crippen molar-refractivity contribution in [2.75, 3.05) is 25.0 Å². The molecule has 0 spiro atoms. The minimum absolute atomic E-state index is 0.0101. The fraction of sp³-hybridized carbons (Fsp3) is 0.300. The summed E-state index contributed by atoms with van der Waals surface area (Å²) in [4.78, 5) is 33.9. The molecule has 9 heteroatoms. The summed E-state index contributed by atoms with van der Waals surface area (Å²) in [6.45, 7) is 1.22. The summed E-state index contributed by atoms with van der Waals surface area (Å²) < 4.78 is 5.08. The number of rotatable bonds is 11. The molecule has 154 valence electrons. The van der Waals surface area contributed by atoms with Crippen LogP contribution in [0.1, 0.15) is 18.4 Å². The molecule has 0 atom stereocenters. The van der Waals surface area contributed by atoms with Crippen molar-refractivity contribution in [3.63, 3.8) is 0 Å². The number of anilines is 1. The summed E-state index contributed by atoms with van der Waals surface area (Å²) in [5.41, 5.74) is 1.30. The number of nitrogens with zero attached hydrogens (tertiary/aromatic N) is 1. The molecular weight excluding hydrogens is 376 g/mol. The van der Waals surface area contributed by atoms with E-state index in [0.717, 1.165) is 5.56 Å². The molecule has 0 heterocycles.